The molecule has 0 saturated carbocycles. The van der Waals surface area contributed by atoms with E-state index in [1.165, 1.54) is 13.0 Å². The van der Waals surface area contributed by atoms with Gasteiger partial charge in [-0.3, -0.25) is 0 Å². The van der Waals surface area contributed by atoms with E-state index in [4.69, 9.17) is 5.11 Å². The van der Waals surface area contributed by atoms with E-state index in [2.05, 4.69) is 15.9 Å². The molecule has 0 aliphatic carbocycles. The van der Waals surface area contributed by atoms with Crippen LogP contribution in [0.15, 0.2) is 22.7 Å². The van der Waals surface area contributed by atoms with Crippen LogP contribution in [0, 0.1) is 0 Å². The fourth-order valence-corrected chi connectivity index (χ4v) is 1.53. The monoisotopic (exact) mass is 268 g/mol. The Morgan fingerprint density at radius 1 is 1.29 bits per heavy atom. The van der Waals surface area contributed by atoms with Crippen molar-refractivity contribution in [1.82, 2.24) is 0 Å². The summed E-state index contributed by atoms with van der Waals surface area (Å²) in [4.78, 5) is 0. The topological polar surface area (TPSA) is 20.2 Å². The largest absolute Gasteiger partial charge is 0.416 e. The standard InChI is InChI=1S/C9H8BrF3O/c1-5(14)6-2-7(9(11,12)13)4-8(10)3-6/h2-5,14H,1H3/t5-/m0/s1. The van der Waals surface area contributed by atoms with Gasteiger partial charge in [0, 0.05) is 4.47 Å². The lowest BCUT2D eigenvalue weighted by Gasteiger charge is -2.11. The van der Waals surface area contributed by atoms with Gasteiger partial charge in [0.05, 0.1) is 11.7 Å². The van der Waals surface area contributed by atoms with E-state index in [0.29, 0.717) is 4.47 Å². The number of aliphatic hydroxyl groups excluding tert-OH is 1. The summed E-state index contributed by atoms with van der Waals surface area (Å²) in [5.74, 6) is 0. The van der Waals surface area contributed by atoms with Crippen LogP contribution in [0.2, 0.25) is 0 Å². The van der Waals surface area contributed by atoms with Crippen molar-refractivity contribution in [2.24, 2.45) is 0 Å². The number of aliphatic hydroxyl groups is 1. The van der Waals surface area contributed by atoms with Crippen LogP contribution in [-0.2, 0) is 6.18 Å². The molecule has 1 aromatic carbocycles. The van der Waals surface area contributed by atoms with Gasteiger partial charge in [-0.25, -0.2) is 0 Å². The summed E-state index contributed by atoms with van der Waals surface area (Å²) in [7, 11) is 0. The van der Waals surface area contributed by atoms with Gasteiger partial charge in [-0.2, -0.15) is 13.2 Å². The van der Waals surface area contributed by atoms with Crippen molar-refractivity contribution >= 4 is 15.9 Å². The summed E-state index contributed by atoms with van der Waals surface area (Å²) in [5, 5.41) is 9.15. The van der Waals surface area contributed by atoms with Crippen LogP contribution in [0.5, 0.6) is 0 Å². The molecule has 78 valence electrons. The number of alkyl halides is 3. The molecule has 0 heterocycles. The zero-order valence-electron chi connectivity index (χ0n) is 7.27. The molecule has 0 amide bonds. The van der Waals surface area contributed by atoms with Crippen molar-refractivity contribution in [3.63, 3.8) is 0 Å². The van der Waals surface area contributed by atoms with Gasteiger partial charge in [0.25, 0.3) is 0 Å². The molecule has 5 heteroatoms. The minimum absolute atomic E-state index is 0.242. The highest BCUT2D eigenvalue weighted by atomic mass is 79.9. The number of rotatable bonds is 1. The van der Waals surface area contributed by atoms with Crippen molar-refractivity contribution in [1.29, 1.82) is 0 Å². The molecule has 0 unspecified atom stereocenters. The molecule has 0 spiro atoms. The summed E-state index contributed by atoms with van der Waals surface area (Å²) < 4.78 is 37.2. The van der Waals surface area contributed by atoms with E-state index in [-0.39, 0.29) is 5.56 Å². The maximum atomic E-state index is 12.3. The minimum atomic E-state index is -4.38. The van der Waals surface area contributed by atoms with Gasteiger partial charge in [-0.1, -0.05) is 15.9 Å². The summed E-state index contributed by atoms with van der Waals surface area (Å²) in [6.45, 7) is 1.42. The fraction of sp³-hybridized carbons (Fsp3) is 0.333. The molecule has 1 aromatic rings. The van der Waals surface area contributed by atoms with Crippen molar-refractivity contribution in [2.45, 2.75) is 19.2 Å². The molecular formula is C9H8BrF3O. The number of hydrogen-bond acceptors (Lipinski definition) is 1. The second kappa shape index (κ2) is 3.90. The van der Waals surface area contributed by atoms with E-state index in [1.807, 2.05) is 0 Å². The number of hydrogen-bond donors (Lipinski definition) is 1. The van der Waals surface area contributed by atoms with Gasteiger partial charge in [-0.05, 0) is 30.7 Å². The lowest BCUT2D eigenvalue weighted by Crippen LogP contribution is -2.06. The first-order chi connectivity index (χ1) is 6.30. The van der Waals surface area contributed by atoms with Crippen LogP contribution >= 0.6 is 15.9 Å². The van der Waals surface area contributed by atoms with Crippen molar-refractivity contribution in [2.75, 3.05) is 0 Å². The molecule has 0 bridgehead atoms. The predicted octanol–water partition coefficient (Wildman–Crippen LogP) is 3.52. The Morgan fingerprint density at radius 2 is 1.86 bits per heavy atom. The predicted molar refractivity (Wildman–Crippen MR) is 49.8 cm³/mol. The smallest absolute Gasteiger partial charge is 0.389 e. The maximum Gasteiger partial charge on any atom is 0.416 e. The fourth-order valence-electron chi connectivity index (χ4n) is 1.02. The van der Waals surface area contributed by atoms with Crippen LogP contribution in [-0.4, -0.2) is 5.11 Å². The zero-order valence-corrected chi connectivity index (χ0v) is 8.85. The van der Waals surface area contributed by atoms with Crippen molar-refractivity contribution in [3.05, 3.63) is 33.8 Å². The first-order valence-electron chi connectivity index (χ1n) is 3.86. The van der Waals surface area contributed by atoms with Gasteiger partial charge in [0.2, 0.25) is 0 Å². The van der Waals surface area contributed by atoms with E-state index >= 15 is 0 Å². The quantitative estimate of drug-likeness (QED) is 0.827. The summed E-state index contributed by atoms with van der Waals surface area (Å²) in [6, 6.07) is 3.38. The Morgan fingerprint density at radius 3 is 2.29 bits per heavy atom. The lowest BCUT2D eigenvalue weighted by atomic mass is 10.1. The van der Waals surface area contributed by atoms with Gasteiger partial charge in [0.1, 0.15) is 0 Å². The van der Waals surface area contributed by atoms with Gasteiger partial charge >= 0.3 is 6.18 Å². The molecule has 0 radical (unpaired) electrons. The Labute approximate surface area is 87.7 Å². The highest BCUT2D eigenvalue weighted by Crippen LogP contribution is 2.33. The van der Waals surface area contributed by atoms with E-state index in [0.717, 1.165) is 12.1 Å². The molecule has 0 aromatic heterocycles. The first kappa shape index (κ1) is 11.5. The third-order valence-electron chi connectivity index (χ3n) is 1.73. The van der Waals surface area contributed by atoms with E-state index in [9.17, 15) is 13.2 Å². The molecule has 14 heavy (non-hydrogen) atoms. The van der Waals surface area contributed by atoms with Crippen LogP contribution < -0.4 is 0 Å². The third-order valence-corrected chi connectivity index (χ3v) is 2.19. The van der Waals surface area contributed by atoms with Crippen LogP contribution in [0.3, 0.4) is 0 Å². The number of halogens is 4. The Balaban J connectivity index is 3.21. The lowest BCUT2D eigenvalue weighted by molar-refractivity contribution is -0.137. The molecule has 0 fully saturated rings. The SMILES string of the molecule is C[C@H](O)c1cc(Br)cc(C(F)(F)F)c1. The zero-order chi connectivity index (χ0) is 10.9. The second-order valence-electron chi connectivity index (χ2n) is 2.95. The van der Waals surface area contributed by atoms with Crippen molar-refractivity contribution < 1.29 is 18.3 Å². The summed E-state index contributed by atoms with van der Waals surface area (Å²) >= 11 is 2.96. The molecule has 0 saturated heterocycles. The van der Waals surface area contributed by atoms with Gasteiger partial charge < -0.3 is 5.11 Å². The maximum absolute atomic E-state index is 12.3. The van der Waals surface area contributed by atoms with Crippen LogP contribution in [0.4, 0.5) is 13.2 Å². The molecule has 0 aliphatic heterocycles. The number of benzene rings is 1. The normalized spacial score (nSPS) is 14.1. The average molecular weight is 269 g/mol. The minimum Gasteiger partial charge on any atom is -0.389 e. The van der Waals surface area contributed by atoms with Crippen LogP contribution in [0.1, 0.15) is 24.2 Å². The molecule has 1 rings (SSSR count). The Hall–Kier alpha value is -0.550. The van der Waals surface area contributed by atoms with E-state index < -0.39 is 17.8 Å². The third kappa shape index (κ3) is 2.72. The van der Waals surface area contributed by atoms with Crippen molar-refractivity contribution in [3.8, 4) is 0 Å². The molecule has 1 N–H and O–H groups in total. The molecule has 1 atom stereocenters. The van der Waals surface area contributed by atoms with Gasteiger partial charge in [0.15, 0.2) is 0 Å². The summed E-state index contributed by atoms with van der Waals surface area (Å²) in [6.07, 6.45) is -5.29. The Kier molecular flexibility index (Phi) is 3.21. The molecule has 1 nitrogen and oxygen atoms in total. The van der Waals surface area contributed by atoms with Crippen LogP contribution in [0.25, 0.3) is 0 Å². The van der Waals surface area contributed by atoms with E-state index in [1.54, 1.807) is 0 Å². The first-order valence-corrected chi connectivity index (χ1v) is 4.66. The molecular weight excluding hydrogens is 261 g/mol. The molecule has 0 aliphatic rings. The highest BCUT2D eigenvalue weighted by molar-refractivity contribution is 9.10. The average Bonchev–Trinajstić information content (AvgIpc) is 2.01. The highest BCUT2D eigenvalue weighted by Gasteiger charge is 2.31. The van der Waals surface area contributed by atoms with Gasteiger partial charge in [-0.15, -0.1) is 0 Å². The Bertz CT molecular complexity index is 333. The summed E-state index contributed by atoms with van der Waals surface area (Å²) in [5.41, 5.74) is -0.519. The second-order valence-corrected chi connectivity index (χ2v) is 3.86.